The second-order valence-electron chi connectivity index (χ2n) is 4.46. The fraction of sp³-hybridized carbons (Fsp3) is 0.308. The first-order valence-corrected chi connectivity index (χ1v) is 6.60. The summed E-state index contributed by atoms with van der Waals surface area (Å²) in [7, 11) is 0. The van der Waals surface area contributed by atoms with Crippen LogP contribution in [0.5, 0.6) is 0 Å². The lowest BCUT2D eigenvalue weighted by Gasteiger charge is -2.10. The molecule has 2 aromatic rings. The normalized spacial score (nSPS) is 10.5. The van der Waals surface area contributed by atoms with Gasteiger partial charge in [-0.15, -0.1) is 0 Å². The molecule has 2 rings (SSSR count). The molecule has 0 bridgehead atoms. The van der Waals surface area contributed by atoms with Crippen molar-refractivity contribution in [2.24, 2.45) is 0 Å². The van der Waals surface area contributed by atoms with Crippen molar-refractivity contribution in [2.45, 2.75) is 19.9 Å². The fourth-order valence-corrected chi connectivity index (χ4v) is 2.13. The van der Waals surface area contributed by atoms with E-state index in [0.717, 1.165) is 30.8 Å². The predicted octanol–water partition coefficient (Wildman–Crippen LogP) is 3.26. The Bertz CT molecular complexity index is 599. The summed E-state index contributed by atoms with van der Waals surface area (Å²) >= 11 is 5.90. The first-order valence-electron chi connectivity index (χ1n) is 6.22. The third-order valence-electron chi connectivity index (χ3n) is 2.96. The molecule has 0 unspecified atom stereocenters. The highest BCUT2D eigenvalue weighted by atomic mass is 35.5. The molecule has 0 fully saturated rings. The van der Waals surface area contributed by atoms with Gasteiger partial charge in [-0.2, -0.15) is 0 Å². The Morgan fingerprint density at radius 1 is 1.50 bits per heavy atom. The molecule has 0 spiro atoms. The van der Waals surface area contributed by atoms with Gasteiger partial charge in [-0.1, -0.05) is 11.6 Å². The third kappa shape index (κ3) is 3.48. The molecule has 1 heterocycles. The molecule has 0 saturated carbocycles. The quantitative estimate of drug-likeness (QED) is 0.504. The van der Waals surface area contributed by atoms with Gasteiger partial charge in [0.05, 0.1) is 11.3 Å². The van der Waals surface area contributed by atoms with Crippen molar-refractivity contribution in [1.29, 1.82) is 0 Å². The van der Waals surface area contributed by atoms with Crippen molar-refractivity contribution >= 4 is 23.0 Å². The zero-order valence-corrected chi connectivity index (χ0v) is 11.8. The number of hydrogen-bond donors (Lipinski definition) is 1. The van der Waals surface area contributed by atoms with E-state index in [4.69, 9.17) is 11.6 Å². The minimum atomic E-state index is -0.474. The van der Waals surface area contributed by atoms with Crippen LogP contribution in [0.3, 0.4) is 0 Å². The molecule has 0 aliphatic carbocycles. The maximum atomic E-state index is 10.8. The molecule has 6 nitrogen and oxygen atoms in total. The Labute approximate surface area is 121 Å². The van der Waals surface area contributed by atoms with Crippen LogP contribution in [0.15, 0.2) is 30.9 Å². The molecule has 0 saturated heterocycles. The van der Waals surface area contributed by atoms with Crippen molar-refractivity contribution in [2.75, 3.05) is 11.9 Å². The summed E-state index contributed by atoms with van der Waals surface area (Å²) in [6.07, 6.45) is 6.35. The van der Waals surface area contributed by atoms with Crippen molar-refractivity contribution in [1.82, 2.24) is 9.55 Å². The topological polar surface area (TPSA) is 73.0 Å². The minimum Gasteiger partial charge on any atom is -0.385 e. The summed E-state index contributed by atoms with van der Waals surface area (Å²) in [4.78, 5) is 14.3. The first-order chi connectivity index (χ1) is 9.58. The lowest BCUT2D eigenvalue weighted by Crippen LogP contribution is -2.07. The number of halogens is 1. The van der Waals surface area contributed by atoms with Gasteiger partial charge in [-0.05, 0) is 25.0 Å². The van der Waals surface area contributed by atoms with Crippen LogP contribution in [0.4, 0.5) is 11.4 Å². The maximum absolute atomic E-state index is 10.8. The van der Waals surface area contributed by atoms with Crippen LogP contribution in [0.25, 0.3) is 0 Å². The van der Waals surface area contributed by atoms with E-state index in [-0.39, 0.29) is 10.7 Å². The van der Waals surface area contributed by atoms with E-state index in [2.05, 4.69) is 10.3 Å². The number of nitro benzene ring substituents is 1. The highest BCUT2D eigenvalue weighted by Crippen LogP contribution is 2.30. The molecule has 1 N–H and O–H groups in total. The smallest absolute Gasteiger partial charge is 0.288 e. The molecule has 0 aliphatic rings. The Morgan fingerprint density at radius 3 is 2.95 bits per heavy atom. The van der Waals surface area contributed by atoms with E-state index < -0.39 is 4.92 Å². The summed E-state index contributed by atoms with van der Waals surface area (Å²) in [6, 6.07) is 3.09. The summed E-state index contributed by atoms with van der Waals surface area (Å²) in [5.41, 5.74) is 1.57. The Kier molecular flexibility index (Phi) is 4.57. The monoisotopic (exact) mass is 294 g/mol. The van der Waals surface area contributed by atoms with Gasteiger partial charge < -0.3 is 9.88 Å². The minimum absolute atomic E-state index is 0.0619. The first kappa shape index (κ1) is 14.3. The molecule has 106 valence electrons. The SMILES string of the molecule is Cc1cc([N+](=O)[O-])c(Cl)cc1NCCCn1ccnc1. The zero-order chi connectivity index (χ0) is 14.5. The second-order valence-corrected chi connectivity index (χ2v) is 4.86. The number of aromatic nitrogens is 2. The largest absolute Gasteiger partial charge is 0.385 e. The van der Waals surface area contributed by atoms with Crippen LogP contribution < -0.4 is 5.32 Å². The van der Waals surface area contributed by atoms with Crippen molar-refractivity contribution in [3.63, 3.8) is 0 Å². The van der Waals surface area contributed by atoms with E-state index in [9.17, 15) is 10.1 Å². The van der Waals surface area contributed by atoms with Gasteiger partial charge in [0.2, 0.25) is 0 Å². The number of hydrogen-bond acceptors (Lipinski definition) is 4. The lowest BCUT2D eigenvalue weighted by atomic mass is 10.1. The van der Waals surface area contributed by atoms with Crippen LogP contribution in [-0.4, -0.2) is 21.0 Å². The molecule has 0 amide bonds. The summed E-state index contributed by atoms with van der Waals surface area (Å²) in [5.74, 6) is 0. The molecule has 20 heavy (non-hydrogen) atoms. The predicted molar refractivity (Wildman–Crippen MR) is 78.2 cm³/mol. The van der Waals surface area contributed by atoms with Crippen molar-refractivity contribution in [3.8, 4) is 0 Å². The molecular formula is C13H15ClN4O2. The highest BCUT2D eigenvalue weighted by Gasteiger charge is 2.14. The van der Waals surface area contributed by atoms with Crippen molar-refractivity contribution in [3.05, 3.63) is 51.6 Å². The summed E-state index contributed by atoms with van der Waals surface area (Å²) in [5, 5.41) is 14.2. The second kappa shape index (κ2) is 6.38. The average molecular weight is 295 g/mol. The number of nitrogens with zero attached hydrogens (tertiary/aromatic N) is 3. The van der Waals surface area contributed by atoms with Gasteiger partial charge in [0.25, 0.3) is 5.69 Å². The molecular weight excluding hydrogens is 280 g/mol. The van der Waals surface area contributed by atoms with Crippen LogP contribution in [0, 0.1) is 17.0 Å². The van der Waals surface area contributed by atoms with Crippen LogP contribution in [0.1, 0.15) is 12.0 Å². The third-order valence-corrected chi connectivity index (χ3v) is 3.26. The molecule has 0 radical (unpaired) electrons. The molecule has 1 aromatic carbocycles. The standard InChI is InChI=1S/C13H15ClN4O2/c1-10-7-13(18(19)20)11(14)8-12(10)16-3-2-5-17-6-4-15-9-17/h4,6-9,16H,2-3,5H2,1H3. The molecule has 0 aliphatic heterocycles. The Hall–Kier alpha value is -2.08. The number of anilines is 1. The Morgan fingerprint density at radius 2 is 2.30 bits per heavy atom. The number of benzene rings is 1. The molecule has 1 aromatic heterocycles. The van der Waals surface area contributed by atoms with Gasteiger partial charge in [0.1, 0.15) is 5.02 Å². The van der Waals surface area contributed by atoms with Gasteiger partial charge in [0, 0.05) is 37.2 Å². The lowest BCUT2D eigenvalue weighted by molar-refractivity contribution is -0.384. The van der Waals surface area contributed by atoms with E-state index in [1.54, 1.807) is 18.6 Å². The number of rotatable bonds is 6. The van der Waals surface area contributed by atoms with Crippen LogP contribution in [0.2, 0.25) is 5.02 Å². The number of aryl methyl sites for hydroxylation is 2. The molecule has 0 atom stereocenters. The number of nitro groups is 1. The zero-order valence-electron chi connectivity index (χ0n) is 11.0. The van der Waals surface area contributed by atoms with Crippen LogP contribution >= 0.6 is 11.6 Å². The van der Waals surface area contributed by atoms with E-state index in [1.165, 1.54) is 6.07 Å². The van der Waals surface area contributed by atoms with Gasteiger partial charge in [-0.3, -0.25) is 10.1 Å². The van der Waals surface area contributed by atoms with E-state index in [0.29, 0.717) is 0 Å². The number of nitrogens with one attached hydrogen (secondary N) is 1. The van der Waals surface area contributed by atoms with E-state index in [1.807, 2.05) is 17.7 Å². The van der Waals surface area contributed by atoms with Gasteiger partial charge in [-0.25, -0.2) is 4.98 Å². The summed E-state index contributed by atoms with van der Waals surface area (Å²) < 4.78 is 2.00. The fourth-order valence-electron chi connectivity index (χ4n) is 1.90. The van der Waals surface area contributed by atoms with Crippen LogP contribution in [-0.2, 0) is 6.54 Å². The van der Waals surface area contributed by atoms with E-state index >= 15 is 0 Å². The maximum Gasteiger partial charge on any atom is 0.288 e. The highest BCUT2D eigenvalue weighted by molar-refractivity contribution is 6.33. The Balaban J connectivity index is 1.92. The number of imidazole rings is 1. The summed E-state index contributed by atoms with van der Waals surface area (Å²) in [6.45, 7) is 3.45. The van der Waals surface area contributed by atoms with Gasteiger partial charge >= 0.3 is 0 Å². The average Bonchev–Trinajstić information content (AvgIpc) is 2.90. The van der Waals surface area contributed by atoms with Gasteiger partial charge in [0.15, 0.2) is 0 Å². The van der Waals surface area contributed by atoms with Crippen molar-refractivity contribution < 1.29 is 4.92 Å². The molecule has 7 heteroatoms.